The maximum absolute atomic E-state index is 11.1. The minimum Gasteiger partial charge on any atom is -0.382 e. The fourth-order valence-corrected chi connectivity index (χ4v) is 2.01. The van der Waals surface area contributed by atoms with E-state index in [2.05, 4.69) is 10.5 Å². The van der Waals surface area contributed by atoms with Gasteiger partial charge >= 0.3 is 0 Å². The number of nitrogens with zero attached hydrogens (tertiary/aromatic N) is 1. The minimum absolute atomic E-state index is 0.193. The van der Waals surface area contributed by atoms with Crippen LogP contribution in [0.5, 0.6) is 0 Å². The van der Waals surface area contributed by atoms with Gasteiger partial charge in [-0.15, -0.1) is 4.91 Å². The van der Waals surface area contributed by atoms with Crippen molar-refractivity contribution in [2.24, 2.45) is 5.18 Å². The van der Waals surface area contributed by atoms with Crippen molar-refractivity contribution in [1.82, 2.24) is 0 Å². The number of carbonyl (C=O) groups excluding carboxylic acids is 1. The third-order valence-electron chi connectivity index (χ3n) is 3.04. The van der Waals surface area contributed by atoms with Crippen molar-refractivity contribution in [3.8, 4) is 0 Å². The predicted molar refractivity (Wildman–Crippen MR) is 81.9 cm³/mol. The van der Waals surface area contributed by atoms with E-state index in [-0.39, 0.29) is 11.3 Å². The molecule has 0 aromatic heterocycles. The van der Waals surface area contributed by atoms with Gasteiger partial charge in [0.25, 0.3) is 0 Å². The molecular formula is C15H22N2O4. The molecule has 1 aromatic carbocycles. The number of nitrogens with one attached hydrogen (secondary N) is 1. The molecule has 1 aromatic rings. The van der Waals surface area contributed by atoms with Crippen LogP contribution in [0.2, 0.25) is 0 Å². The smallest absolute Gasteiger partial charge is 0.221 e. The lowest BCUT2D eigenvalue weighted by Crippen LogP contribution is -2.25. The standard InChI is InChI=1S/C15H22N2O4/c1-11(18)16-12-5-6-13(14(9-12)17-19)15(2,3)10-21-8-7-20-4/h5-6,9H,7-8,10H2,1-4H3,(H,16,18). The van der Waals surface area contributed by atoms with E-state index in [4.69, 9.17) is 9.47 Å². The quantitative estimate of drug-likeness (QED) is 0.590. The fourth-order valence-electron chi connectivity index (χ4n) is 2.01. The van der Waals surface area contributed by atoms with Gasteiger partial charge in [0, 0.05) is 25.1 Å². The van der Waals surface area contributed by atoms with Gasteiger partial charge in [0.05, 0.1) is 19.8 Å². The highest BCUT2D eigenvalue weighted by Gasteiger charge is 2.25. The number of methoxy groups -OCH3 is 1. The molecule has 1 rings (SSSR count). The van der Waals surface area contributed by atoms with Crippen LogP contribution in [-0.4, -0.2) is 32.8 Å². The summed E-state index contributed by atoms with van der Waals surface area (Å²) in [5.74, 6) is -0.193. The van der Waals surface area contributed by atoms with Gasteiger partial charge in [0.15, 0.2) is 0 Å². The summed E-state index contributed by atoms with van der Waals surface area (Å²) in [6, 6.07) is 5.12. The van der Waals surface area contributed by atoms with Crippen molar-refractivity contribution in [3.05, 3.63) is 28.7 Å². The van der Waals surface area contributed by atoms with Gasteiger partial charge in [-0.05, 0) is 22.9 Å². The molecule has 0 atom stereocenters. The first-order chi connectivity index (χ1) is 9.90. The second kappa shape index (κ2) is 7.85. The zero-order valence-electron chi connectivity index (χ0n) is 12.9. The van der Waals surface area contributed by atoms with Crippen molar-refractivity contribution in [1.29, 1.82) is 0 Å². The lowest BCUT2D eigenvalue weighted by Gasteiger charge is -2.26. The van der Waals surface area contributed by atoms with E-state index in [1.54, 1.807) is 25.3 Å². The number of hydrogen-bond donors (Lipinski definition) is 1. The number of rotatable bonds is 8. The molecular weight excluding hydrogens is 272 g/mol. The Morgan fingerprint density at radius 2 is 2.05 bits per heavy atom. The Bertz CT molecular complexity index is 500. The molecule has 0 unspecified atom stereocenters. The summed E-state index contributed by atoms with van der Waals surface area (Å²) in [4.78, 5) is 22.1. The van der Waals surface area contributed by atoms with E-state index in [0.29, 0.717) is 31.2 Å². The topological polar surface area (TPSA) is 77.0 Å². The number of anilines is 1. The first-order valence-electron chi connectivity index (χ1n) is 6.73. The summed E-state index contributed by atoms with van der Waals surface area (Å²) in [6.45, 7) is 6.82. The molecule has 0 aliphatic rings. The number of amides is 1. The minimum atomic E-state index is -0.369. The van der Waals surface area contributed by atoms with Crippen molar-refractivity contribution in [2.75, 3.05) is 32.2 Å². The second-order valence-electron chi connectivity index (χ2n) is 5.43. The highest BCUT2D eigenvalue weighted by atomic mass is 16.5. The molecule has 0 aliphatic carbocycles. The summed E-state index contributed by atoms with van der Waals surface area (Å²) >= 11 is 0. The largest absolute Gasteiger partial charge is 0.382 e. The van der Waals surface area contributed by atoms with Gasteiger partial charge in [-0.1, -0.05) is 19.9 Å². The van der Waals surface area contributed by atoms with E-state index in [1.165, 1.54) is 6.92 Å². The molecule has 1 N–H and O–H groups in total. The summed E-state index contributed by atoms with van der Waals surface area (Å²) in [5, 5.41) is 5.70. The van der Waals surface area contributed by atoms with Crippen LogP contribution in [0.15, 0.2) is 23.4 Å². The Hall–Kier alpha value is -1.79. The first kappa shape index (κ1) is 17.3. The lowest BCUT2D eigenvalue weighted by atomic mass is 9.84. The molecule has 116 valence electrons. The number of carbonyl (C=O) groups is 1. The molecule has 0 bridgehead atoms. The van der Waals surface area contributed by atoms with Crippen LogP contribution in [0.1, 0.15) is 26.3 Å². The molecule has 21 heavy (non-hydrogen) atoms. The van der Waals surface area contributed by atoms with Crippen LogP contribution in [0.25, 0.3) is 0 Å². The second-order valence-corrected chi connectivity index (χ2v) is 5.43. The van der Waals surface area contributed by atoms with Gasteiger partial charge in [-0.3, -0.25) is 4.79 Å². The average Bonchev–Trinajstić information content (AvgIpc) is 2.42. The molecule has 0 fully saturated rings. The number of hydrogen-bond acceptors (Lipinski definition) is 5. The molecule has 6 heteroatoms. The number of benzene rings is 1. The van der Waals surface area contributed by atoms with Gasteiger partial charge < -0.3 is 14.8 Å². The van der Waals surface area contributed by atoms with Crippen molar-refractivity contribution < 1.29 is 14.3 Å². The molecule has 6 nitrogen and oxygen atoms in total. The summed E-state index contributed by atoms with van der Waals surface area (Å²) in [5.41, 5.74) is 1.27. The SMILES string of the molecule is COCCOCC(C)(C)c1ccc(NC(C)=O)cc1N=O. The predicted octanol–water partition coefficient (Wildman–Crippen LogP) is 2.98. The highest BCUT2D eigenvalue weighted by Crippen LogP contribution is 2.34. The molecule has 1 amide bonds. The fraction of sp³-hybridized carbons (Fsp3) is 0.533. The Morgan fingerprint density at radius 3 is 2.62 bits per heavy atom. The number of nitroso groups, excluding NO2 is 1. The van der Waals surface area contributed by atoms with Crippen LogP contribution in [0, 0.1) is 4.91 Å². The van der Waals surface area contributed by atoms with Crippen LogP contribution < -0.4 is 5.32 Å². The molecule has 0 saturated carbocycles. The van der Waals surface area contributed by atoms with Gasteiger partial charge in [0.1, 0.15) is 5.69 Å². The van der Waals surface area contributed by atoms with Crippen LogP contribution in [0.4, 0.5) is 11.4 Å². The normalized spacial score (nSPS) is 11.2. The van der Waals surface area contributed by atoms with E-state index < -0.39 is 0 Å². The Morgan fingerprint density at radius 1 is 1.33 bits per heavy atom. The monoisotopic (exact) mass is 294 g/mol. The van der Waals surface area contributed by atoms with Crippen molar-refractivity contribution in [3.63, 3.8) is 0 Å². The highest BCUT2D eigenvalue weighted by molar-refractivity contribution is 5.89. The van der Waals surface area contributed by atoms with Crippen LogP contribution in [-0.2, 0) is 19.7 Å². The van der Waals surface area contributed by atoms with Crippen LogP contribution in [0.3, 0.4) is 0 Å². The Balaban J connectivity index is 2.89. The maximum atomic E-state index is 11.1. The van der Waals surface area contributed by atoms with Gasteiger partial charge in [-0.25, -0.2) is 0 Å². The van der Waals surface area contributed by atoms with E-state index in [9.17, 15) is 9.70 Å². The summed E-state index contributed by atoms with van der Waals surface area (Å²) < 4.78 is 10.5. The Labute approximate surface area is 124 Å². The Kier molecular flexibility index (Phi) is 6.45. The summed E-state index contributed by atoms with van der Waals surface area (Å²) in [7, 11) is 1.61. The van der Waals surface area contributed by atoms with Gasteiger partial charge in [-0.2, -0.15) is 0 Å². The van der Waals surface area contributed by atoms with E-state index in [0.717, 1.165) is 5.56 Å². The van der Waals surface area contributed by atoms with Crippen molar-refractivity contribution >= 4 is 17.3 Å². The maximum Gasteiger partial charge on any atom is 0.221 e. The third kappa shape index (κ3) is 5.24. The molecule has 0 saturated heterocycles. The van der Waals surface area contributed by atoms with Crippen molar-refractivity contribution in [2.45, 2.75) is 26.2 Å². The van der Waals surface area contributed by atoms with Gasteiger partial charge in [0.2, 0.25) is 5.91 Å². The third-order valence-corrected chi connectivity index (χ3v) is 3.04. The summed E-state index contributed by atoms with van der Waals surface area (Å²) in [6.07, 6.45) is 0. The first-order valence-corrected chi connectivity index (χ1v) is 6.73. The van der Waals surface area contributed by atoms with E-state index in [1.807, 2.05) is 13.8 Å². The molecule has 0 aliphatic heterocycles. The van der Waals surface area contributed by atoms with E-state index >= 15 is 0 Å². The molecule has 0 spiro atoms. The number of ether oxygens (including phenoxy) is 2. The van der Waals surface area contributed by atoms with Crippen LogP contribution >= 0.6 is 0 Å². The lowest BCUT2D eigenvalue weighted by molar-refractivity contribution is -0.114. The zero-order chi connectivity index (χ0) is 15.9. The molecule has 0 heterocycles. The average molecular weight is 294 g/mol. The zero-order valence-corrected chi connectivity index (χ0v) is 12.9. The molecule has 0 radical (unpaired) electrons.